The Hall–Kier alpha value is -1.23. The number of halogens is 2. The molecular formula is C13H10Cl2O7S2. The van der Waals surface area contributed by atoms with Crippen molar-refractivity contribution in [2.24, 2.45) is 0 Å². The van der Waals surface area contributed by atoms with Gasteiger partial charge < -0.3 is 0 Å². The second kappa shape index (κ2) is 6.25. The first-order chi connectivity index (χ1) is 10.9. The lowest BCUT2D eigenvalue weighted by molar-refractivity contribution is 0.103. The predicted molar refractivity (Wildman–Crippen MR) is 88.2 cm³/mol. The molecule has 2 rings (SSSR count). The third kappa shape index (κ3) is 3.15. The van der Waals surface area contributed by atoms with Crippen molar-refractivity contribution < 1.29 is 30.7 Å². The van der Waals surface area contributed by atoms with E-state index in [9.17, 15) is 30.7 Å². The molecule has 1 aliphatic rings. The summed E-state index contributed by atoms with van der Waals surface area (Å²) in [5, 5.41) is -0.488. The highest BCUT2D eigenvalue weighted by Gasteiger charge is 2.59. The van der Waals surface area contributed by atoms with Crippen molar-refractivity contribution in [1.29, 1.82) is 0 Å². The number of ketones is 1. The molecule has 0 aliphatic heterocycles. The largest absolute Gasteiger partial charge is 0.293 e. The van der Waals surface area contributed by atoms with Gasteiger partial charge in [-0.3, -0.25) is 13.9 Å². The summed E-state index contributed by atoms with van der Waals surface area (Å²) < 4.78 is 62.1. The fourth-order valence-electron chi connectivity index (χ4n) is 2.20. The Labute approximate surface area is 148 Å². The zero-order valence-electron chi connectivity index (χ0n) is 11.7. The fourth-order valence-corrected chi connectivity index (χ4v) is 5.41. The van der Waals surface area contributed by atoms with Crippen molar-refractivity contribution in [3.63, 3.8) is 0 Å². The average Bonchev–Trinajstić information content (AvgIpc) is 2.45. The van der Waals surface area contributed by atoms with Crippen LogP contribution in [0.2, 0.25) is 5.02 Å². The molecule has 0 aromatic heterocycles. The van der Waals surface area contributed by atoms with Crippen LogP contribution in [0.5, 0.6) is 0 Å². The van der Waals surface area contributed by atoms with Crippen LogP contribution in [0, 0.1) is 0 Å². The molecule has 7 nitrogen and oxygen atoms in total. The van der Waals surface area contributed by atoms with Crippen molar-refractivity contribution in [2.75, 3.05) is 0 Å². The number of hydrogen-bond acceptors (Lipinski definition) is 5. The van der Waals surface area contributed by atoms with Crippen molar-refractivity contribution in [3.8, 4) is 0 Å². The van der Waals surface area contributed by atoms with Gasteiger partial charge in [0.2, 0.25) is 0 Å². The maximum Gasteiger partial charge on any atom is 0.293 e. The van der Waals surface area contributed by atoms with Crippen LogP contribution in [0.1, 0.15) is 16.8 Å². The number of benzene rings is 1. The molecule has 0 amide bonds. The van der Waals surface area contributed by atoms with E-state index in [0.29, 0.717) is 5.02 Å². The van der Waals surface area contributed by atoms with E-state index in [1.54, 1.807) is 0 Å². The third-order valence-electron chi connectivity index (χ3n) is 3.45. The normalized spacial score (nSPS) is 17.8. The van der Waals surface area contributed by atoms with Crippen molar-refractivity contribution in [1.82, 2.24) is 0 Å². The van der Waals surface area contributed by atoms with Crippen molar-refractivity contribution in [3.05, 3.63) is 57.6 Å². The molecule has 0 spiro atoms. The van der Waals surface area contributed by atoms with E-state index in [2.05, 4.69) is 0 Å². The number of rotatable bonds is 4. The molecular weight excluding hydrogens is 403 g/mol. The van der Waals surface area contributed by atoms with E-state index in [0.717, 1.165) is 12.2 Å². The van der Waals surface area contributed by atoms with Crippen LogP contribution in [-0.4, -0.2) is 35.8 Å². The van der Waals surface area contributed by atoms with E-state index in [-0.39, 0.29) is 11.1 Å². The SMILES string of the molecule is O=C(C1=CC=C(Cl)C(S(=O)(=O)O)(S(=O)(=O)O)C1)c1ccc(Cl)cc1. The third-order valence-corrected chi connectivity index (χ3v) is 8.03. The molecule has 0 atom stereocenters. The topological polar surface area (TPSA) is 126 Å². The Morgan fingerprint density at radius 2 is 1.46 bits per heavy atom. The number of Topliss-reactive ketones (excluding diaryl/α,β-unsaturated/α-hetero) is 1. The van der Waals surface area contributed by atoms with Crippen molar-refractivity contribution >= 4 is 49.2 Å². The molecule has 1 aromatic rings. The molecule has 0 saturated heterocycles. The van der Waals surface area contributed by atoms with E-state index >= 15 is 0 Å². The van der Waals surface area contributed by atoms with Gasteiger partial charge in [-0.05, 0) is 30.3 Å². The molecule has 130 valence electrons. The van der Waals surface area contributed by atoms with Crippen LogP contribution in [0.25, 0.3) is 0 Å². The lowest BCUT2D eigenvalue weighted by atomic mass is 9.95. The van der Waals surface area contributed by atoms with Gasteiger partial charge in [-0.25, -0.2) is 0 Å². The van der Waals surface area contributed by atoms with Gasteiger partial charge in [-0.1, -0.05) is 29.3 Å². The first-order valence-corrected chi connectivity index (χ1v) is 9.85. The highest BCUT2D eigenvalue weighted by molar-refractivity contribution is 8.05. The zero-order chi connectivity index (χ0) is 18.3. The van der Waals surface area contributed by atoms with Gasteiger partial charge in [0.25, 0.3) is 24.3 Å². The number of carbonyl (C=O) groups is 1. The maximum absolute atomic E-state index is 12.4. The first-order valence-electron chi connectivity index (χ1n) is 6.21. The Morgan fingerprint density at radius 1 is 0.958 bits per heavy atom. The second-order valence-electron chi connectivity index (χ2n) is 4.92. The van der Waals surface area contributed by atoms with Crippen LogP contribution in [0.15, 0.2) is 47.0 Å². The summed E-state index contributed by atoms with van der Waals surface area (Å²) >= 11 is 11.4. The monoisotopic (exact) mass is 412 g/mol. The van der Waals surface area contributed by atoms with Crippen LogP contribution < -0.4 is 0 Å². The van der Waals surface area contributed by atoms with Gasteiger partial charge in [0.05, 0.1) is 5.03 Å². The quantitative estimate of drug-likeness (QED) is 0.574. The Bertz CT molecular complexity index is 926. The van der Waals surface area contributed by atoms with Gasteiger partial charge in [-0.2, -0.15) is 16.8 Å². The summed E-state index contributed by atoms with van der Waals surface area (Å²) in [6.07, 6.45) is 0.908. The van der Waals surface area contributed by atoms with E-state index in [1.165, 1.54) is 24.3 Å². The van der Waals surface area contributed by atoms with Gasteiger partial charge in [-0.15, -0.1) is 0 Å². The molecule has 0 bridgehead atoms. The summed E-state index contributed by atoms with van der Waals surface area (Å²) in [7, 11) is -10.8. The van der Waals surface area contributed by atoms with Gasteiger partial charge in [0.15, 0.2) is 5.78 Å². The minimum atomic E-state index is -5.40. The molecule has 11 heteroatoms. The average molecular weight is 413 g/mol. The molecule has 1 aromatic carbocycles. The van der Waals surface area contributed by atoms with Crippen molar-refractivity contribution in [2.45, 2.75) is 10.5 Å². The summed E-state index contributed by atoms with van der Waals surface area (Å²) in [6, 6.07) is 5.54. The zero-order valence-corrected chi connectivity index (χ0v) is 14.8. The highest BCUT2D eigenvalue weighted by Crippen LogP contribution is 2.43. The highest BCUT2D eigenvalue weighted by atomic mass is 35.5. The van der Waals surface area contributed by atoms with E-state index in [1.807, 2.05) is 0 Å². The summed E-state index contributed by atoms with van der Waals surface area (Å²) in [4.78, 5) is 12.4. The molecule has 2 N–H and O–H groups in total. The summed E-state index contributed by atoms with van der Waals surface area (Å²) in [6.45, 7) is 0. The van der Waals surface area contributed by atoms with E-state index < -0.39 is 41.6 Å². The Morgan fingerprint density at radius 3 is 1.92 bits per heavy atom. The minimum absolute atomic E-state index is 0.108. The number of carbonyl (C=O) groups excluding carboxylic acids is 1. The molecule has 1 aliphatic carbocycles. The van der Waals surface area contributed by atoms with Gasteiger partial charge in [0.1, 0.15) is 0 Å². The Balaban J connectivity index is 2.58. The minimum Gasteiger partial charge on any atom is -0.289 e. The summed E-state index contributed by atoms with van der Waals surface area (Å²) in [5.41, 5.74) is -0.173. The predicted octanol–water partition coefficient (Wildman–Crippen LogP) is 2.45. The summed E-state index contributed by atoms with van der Waals surface area (Å²) in [5.74, 6) is -0.705. The number of hydrogen-bond donors (Lipinski definition) is 2. The van der Waals surface area contributed by atoms with Gasteiger partial charge in [0, 0.05) is 22.6 Å². The molecule has 0 heterocycles. The van der Waals surface area contributed by atoms with Gasteiger partial charge >= 0.3 is 0 Å². The van der Waals surface area contributed by atoms with Crippen LogP contribution in [0.3, 0.4) is 0 Å². The smallest absolute Gasteiger partial charge is 0.289 e. The van der Waals surface area contributed by atoms with Crippen LogP contribution >= 0.6 is 23.2 Å². The maximum atomic E-state index is 12.4. The fraction of sp³-hybridized carbons (Fsp3) is 0.154. The standard InChI is InChI=1S/C13H10Cl2O7S2/c14-10-4-1-8(2-5-10)12(16)9-3-6-11(15)13(7-9,23(17,18)19)24(20,21)22/h1-6H,7H2,(H,17,18,19)(H,20,21,22). The molecule has 24 heavy (non-hydrogen) atoms. The van der Waals surface area contributed by atoms with E-state index in [4.69, 9.17) is 23.2 Å². The molecule has 0 fully saturated rings. The lowest BCUT2D eigenvalue weighted by Gasteiger charge is -2.29. The first kappa shape index (κ1) is 19.1. The van der Waals surface area contributed by atoms with Crippen LogP contribution in [-0.2, 0) is 20.2 Å². The molecule has 0 radical (unpaired) electrons. The Kier molecular flexibility index (Phi) is 4.97. The number of allylic oxidation sites excluding steroid dienone is 3. The van der Waals surface area contributed by atoms with Crippen LogP contribution in [0.4, 0.5) is 0 Å². The molecule has 0 unspecified atom stereocenters. The molecule has 0 saturated carbocycles. The second-order valence-corrected chi connectivity index (χ2v) is 9.32. The lowest BCUT2D eigenvalue weighted by Crippen LogP contribution is -2.48.